The molecule has 0 radical (unpaired) electrons. The van der Waals surface area contributed by atoms with E-state index < -0.39 is 28.5 Å². The normalized spacial score (nSPS) is 11.9. The third-order valence-corrected chi connectivity index (χ3v) is 9.71. The molecule has 7 nitrogen and oxygen atoms in total. The summed E-state index contributed by atoms with van der Waals surface area (Å²) >= 11 is 18.7. The van der Waals surface area contributed by atoms with E-state index in [1.807, 2.05) is 37.3 Å². The van der Waals surface area contributed by atoms with Crippen LogP contribution in [-0.4, -0.2) is 44.3 Å². The number of benzene rings is 4. The summed E-state index contributed by atoms with van der Waals surface area (Å²) in [5, 5.41) is 3.76. The van der Waals surface area contributed by atoms with Crippen molar-refractivity contribution in [2.24, 2.45) is 0 Å². The van der Waals surface area contributed by atoms with Gasteiger partial charge in [0.1, 0.15) is 12.6 Å². The lowest BCUT2D eigenvalue weighted by Gasteiger charge is -2.34. The molecular formula is C33H32Cl3N3O4S. The Hall–Kier alpha value is -3.56. The standard InChI is InChI=1S/C33H32Cl3N3O4S/c1-3-37-33(41)31(19-24-8-5-4-6-9-24)38(21-25-14-17-29(35)30(36)18-25)32(40)22-39(27-11-7-10-26(34)20-27)44(42,43)28-15-12-23(2)13-16-28/h4-18,20,31H,3,19,21-22H2,1-2H3,(H,37,41)/t31-/m0/s1. The van der Waals surface area contributed by atoms with E-state index in [-0.39, 0.29) is 34.5 Å². The van der Waals surface area contributed by atoms with Crippen LogP contribution in [0.3, 0.4) is 0 Å². The van der Waals surface area contributed by atoms with Gasteiger partial charge in [0.25, 0.3) is 10.0 Å². The molecule has 1 atom stereocenters. The fourth-order valence-electron chi connectivity index (χ4n) is 4.68. The van der Waals surface area contributed by atoms with Gasteiger partial charge in [0.2, 0.25) is 11.8 Å². The minimum Gasteiger partial charge on any atom is -0.355 e. The van der Waals surface area contributed by atoms with Crippen LogP contribution in [0.4, 0.5) is 5.69 Å². The molecule has 0 saturated carbocycles. The average molecular weight is 673 g/mol. The van der Waals surface area contributed by atoms with E-state index >= 15 is 0 Å². The molecule has 0 fully saturated rings. The van der Waals surface area contributed by atoms with Crippen LogP contribution in [0.25, 0.3) is 0 Å². The van der Waals surface area contributed by atoms with E-state index in [9.17, 15) is 18.0 Å². The molecule has 11 heteroatoms. The quantitative estimate of drug-likeness (QED) is 0.177. The Morgan fingerprint density at radius 1 is 0.818 bits per heavy atom. The number of likely N-dealkylation sites (N-methyl/N-ethyl adjacent to an activating group) is 1. The zero-order valence-corrected chi connectivity index (χ0v) is 27.3. The Bertz CT molecular complexity index is 1720. The molecule has 2 amide bonds. The predicted molar refractivity (Wildman–Crippen MR) is 177 cm³/mol. The summed E-state index contributed by atoms with van der Waals surface area (Å²) in [4.78, 5) is 29.3. The van der Waals surface area contributed by atoms with Crippen molar-refractivity contribution in [2.45, 2.75) is 37.8 Å². The molecule has 230 valence electrons. The lowest BCUT2D eigenvalue weighted by Crippen LogP contribution is -2.53. The van der Waals surface area contributed by atoms with E-state index in [0.29, 0.717) is 22.2 Å². The molecule has 0 unspecified atom stereocenters. The van der Waals surface area contributed by atoms with Crippen molar-refractivity contribution in [2.75, 3.05) is 17.4 Å². The highest BCUT2D eigenvalue weighted by Crippen LogP contribution is 2.28. The van der Waals surface area contributed by atoms with Crippen molar-refractivity contribution in [3.8, 4) is 0 Å². The number of rotatable bonds is 12. The molecule has 4 rings (SSSR count). The molecule has 1 N–H and O–H groups in total. The van der Waals surface area contributed by atoms with Gasteiger partial charge in [0, 0.05) is 24.5 Å². The number of halogens is 3. The van der Waals surface area contributed by atoms with Crippen molar-refractivity contribution in [1.82, 2.24) is 10.2 Å². The zero-order chi connectivity index (χ0) is 31.9. The molecule has 4 aromatic rings. The predicted octanol–water partition coefficient (Wildman–Crippen LogP) is 6.93. The van der Waals surface area contributed by atoms with Crippen LogP contribution in [0.5, 0.6) is 0 Å². The summed E-state index contributed by atoms with van der Waals surface area (Å²) in [5.74, 6) is -0.973. The SMILES string of the molecule is CCNC(=O)[C@H](Cc1ccccc1)N(Cc1ccc(Cl)c(Cl)c1)C(=O)CN(c1cccc(Cl)c1)S(=O)(=O)c1ccc(C)cc1. The summed E-state index contributed by atoms with van der Waals surface area (Å²) in [6.45, 7) is 3.36. The lowest BCUT2D eigenvalue weighted by molar-refractivity contribution is -0.140. The highest BCUT2D eigenvalue weighted by atomic mass is 35.5. The third kappa shape index (κ3) is 8.33. The minimum absolute atomic E-state index is 0.0106. The molecule has 0 aliphatic carbocycles. The van der Waals surface area contributed by atoms with Crippen molar-refractivity contribution in [3.05, 3.63) is 129 Å². The van der Waals surface area contributed by atoms with Crippen LogP contribution in [-0.2, 0) is 32.6 Å². The van der Waals surface area contributed by atoms with Gasteiger partial charge in [-0.05, 0) is 67.4 Å². The van der Waals surface area contributed by atoms with Crippen LogP contribution in [0.15, 0.2) is 102 Å². The summed E-state index contributed by atoms with van der Waals surface area (Å²) in [5.41, 5.74) is 2.53. The largest absolute Gasteiger partial charge is 0.355 e. The van der Waals surface area contributed by atoms with Gasteiger partial charge in [-0.1, -0.05) is 95.0 Å². The number of nitrogens with one attached hydrogen (secondary N) is 1. The van der Waals surface area contributed by atoms with Gasteiger partial charge in [-0.25, -0.2) is 8.42 Å². The summed E-state index contributed by atoms with van der Waals surface area (Å²) in [7, 11) is -4.23. The number of hydrogen-bond acceptors (Lipinski definition) is 4. The van der Waals surface area contributed by atoms with Gasteiger partial charge in [0.05, 0.1) is 20.6 Å². The summed E-state index contributed by atoms with van der Waals surface area (Å²) < 4.78 is 29.1. The second-order valence-electron chi connectivity index (χ2n) is 10.2. The van der Waals surface area contributed by atoms with E-state index in [1.54, 1.807) is 55.5 Å². The van der Waals surface area contributed by atoms with Crippen LogP contribution in [0.2, 0.25) is 15.1 Å². The van der Waals surface area contributed by atoms with Crippen molar-refractivity contribution in [1.29, 1.82) is 0 Å². The maximum absolute atomic E-state index is 14.4. The number of carbonyl (C=O) groups is 2. The molecule has 0 aliphatic heterocycles. The minimum atomic E-state index is -4.23. The Labute approximate surface area is 273 Å². The van der Waals surface area contributed by atoms with Crippen molar-refractivity contribution in [3.63, 3.8) is 0 Å². The molecule has 0 bridgehead atoms. The fourth-order valence-corrected chi connectivity index (χ4v) is 6.59. The van der Waals surface area contributed by atoms with Crippen LogP contribution in [0, 0.1) is 6.92 Å². The number of amides is 2. The Kier molecular flexibility index (Phi) is 11.3. The first-order chi connectivity index (χ1) is 21.0. The summed E-state index contributed by atoms with van der Waals surface area (Å²) in [6.07, 6.45) is 0.196. The highest BCUT2D eigenvalue weighted by Gasteiger charge is 2.34. The number of anilines is 1. The zero-order valence-electron chi connectivity index (χ0n) is 24.2. The average Bonchev–Trinajstić information content (AvgIpc) is 3.00. The van der Waals surface area contributed by atoms with E-state index in [1.165, 1.54) is 23.1 Å². The van der Waals surface area contributed by atoms with Gasteiger partial charge < -0.3 is 10.2 Å². The van der Waals surface area contributed by atoms with E-state index in [4.69, 9.17) is 34.8 Å². The monoisotopic (exact) mass is 671 g/mol. The van der Waals surface area contributed by atoms with Crippen LogP contribution < -0.4 is 9.62 Å². The van der Waals surface area contributed by atoms with Gasteiger partial charge >= 0.3 is 0 Å². The molecule has 44 heavy (non-hydrogen) atoms. The van der Waals surface area contributed by atoms with E-state index in [2.05, 4.69) is 5.32 Å². The van der Waals surface area contributed by atoms with E-state index in [0.717, 1.165) is 15.4 Å². The molecule has 0 spiro atoms. The van der Waals surface area contributed by atoms with Crippen LogP contribution in [0.1, 0.15) is 23.6 Å². The second kappa shape index (κ2) is 14.9. The Morgan fingerprint density at radius 2 is 1.52 bits per heavy atom. The first-order valence-corrected chi connectivity index (χ1v) is 16.5. The number of nitrogens with zero attached hydrogens (tertiary/aromatic N) is 2. The molecule has 0 aliphatic rings. The first kappa shape index (κ1) is 33.3. The Morgan fingerprint density at radius 3 is 2.16 bits per heavy atom. The molecule has 0 heterocycles. The van der Waals surface area contributed by atoms with Crippen LogP contribution >= 0.6 is 34.8 Å². The molecule has 4 aromatic carbocycles. The second-order valence-corrected chi connectivity index (χ2v) is 13.3. The highest BCUT2D eigenvalue weighted by molar-refractivity contribution is 7.92. The van der Waals surface area contributed by atoms with Crippen molar-refractivity contribution < 1.29 is 18.0 Å². The molecule has 0 aromatic heterocycles. The summed E-state index contributed by atoms with van der Waals surface area (Å²) in [6, 6.07) is 25.9. The Balaban J connectivity index is 1.81. The molecular weight excluding hydrogens is 641 g/mol. The van der Waals surface area contributed by atoms with Gasteiger partial charge in [-0.15, -0.1) is 0 Å². The number of aryl methyl sites for hydroxylation is 1. The third-order valence-electron chi connectivity index (χ3n) is 6.94. The van der Waals surface area contributed by atoms with Gasteiger partial charge in [0.15, 0.2) is 0 Å². The lowest BCUT2D eigenvalue weighted by atomic mass is 10.0. The van der Waals surface area contributed by atoms with Gasteiger partial charge in [-0.2, -0.15) is 0 Å². The number of carbonyl (C=O) groups excluding carboxylic acids is 2. The maximum Gasteiger partial charge on any atom is 0.264 e. The number of hydrogen-bond donors (Lipinski definition) is 1. The number of sulfonamides is 1. The van der Waals surface area contributed by atoms with Crippen molar-refractivity contribution >= 4 is 62.3 Å². The smallest absolute Gasteiger partial charge is 0.264 e. The fraction of sp³-hybridized carbons (Fsp3) is 0.212. The topological polar surface area (TPSA) is 86.8 Å². The maximum atomic E-state index is 14.4. The first-order valence-electron chi connectivity index (χ1n) is 13.9. The molecule has 0 saturated heterocycles. The van der Waals surface area contributed by atoms with Gasteiger partial charge in [-0.3, -0.25) is 13.9 Å².